The summed E-state index contributed by atoms with van der Waals surface area (Å²) >= 11 is 3.37. The number of nitrogens with zero attached hydrogens (tertiary/aromatic N) is 1. The Morgan fingerprint density at radius 3 is 2.29 bits per heavy atom. The number of piperidine rings is 1. The molecule has 1 saturated heterocycles. The molecule has 188 valence electrons. The van der Waals surface area contributed by atoms with Crippen LogP contribution in [0.25, 0.3) is 0 Å². The summed E-state index contributed by atoms with van der Waals surface area (Å²) in [4.78, 5) is 28.4. The van der Waals surface area contributed by atoms with Crippen molar-refractivity contribution in [1.82, 2.24) is 10.2 Å². The summed E-state index contributed by atoms with van der Waals surface area (Å²) in [6.45, 7) is 0.955. The van der Waals surface area contributed by atoms with Crippen molar-refractivity contribution in [1.29, 1.82) is 0 Å². The van der Waals surface area contributed by atoms with E-state index in [9.17, 15) is 27.2 Å². The highest BCUT2D eigenvalue weighted by atomic mass is 79.9. The second kappa shape index (κ2) is 9.89. The van der Waals surface area contributed by atoms with Gasteiger partial charge in [0.25, 0.3) is 0 Å². The molecule has 5 nitrogen and oxygen atoms in total. The lowest BCUT2D eigenvalue weighted by Crippen LogP contribution is -2.54. The Morgan fingerprint density at radius 1 is 1.11 bits per heavy atom. The van der Waals surface area contributed by atoms with E-state index in [0.717, 1.165) is 22.2 Å². The molecule has 1 aliphatic carbocycles. The fourth-order valence-corrected chi connectivity index (χ4v) is 4.78. The van der Waals surface area contributed by atoms with Crippen molar-refractivity contribution in [2.75, 3.05) is 13.1 Å². The molecule has 0 radical (unpaired) electrons. The first-order valence-corrected chi connectivity index (χ1v) is 12.3. The van der Waals surface area contributed by atoms with E-state index in [-0.39, 0.29) is 23.9 Å². The summed E-state index contributed by atoms with van der Waals surface area (Å²) < 4.78 is 54.5. The molecule has 0 spiro atoms. The molecule has 0 aromatic heterocycles. The van der Waals surface area contributed by atoms with Crippen LogP contribution in [-0.2, 0) is 27.6 Å². The summed E-state index contributed by atoms with van der Waals surface area (Å²) in [5.41, 5.74) is 4.31. The molecule has 10 heteroatoms. The highest BCUT2D eigenvalue weighted by Crippen LogP contribution is 2.50. The third-order valence-electron chi connectivity index (χ3n) is 6.80. The Kier molecular flexibility index (Phi) is 7.24. The number of nitrogens with one attached hydrogen (secondary N) is 1. The smallest absolute Gasteiger partial charge is 0.343 e. The van der Waals surface area contributed by atoms with Crippen LogP contribution >= 0.6 is 15.9 Å². The van der Waals surface area contributed by atoms with E-state index in [1.807, 2.05) is 24.3 Å². The Labute approximate surface area is 209 Å². The monoisotopic (exact) mass is 555 g/mol. The van der Waals surface area contributed by atoms with E-state index >= 15 is 0 Å². The first-order valence-electron chi connectivity index (χ1n) is 11.5. The quantitative estimate of drug-likeness (QED) is 0.521. The molecule has 4 rings (SSSR count). The van der Waals surface area contributed by atoms with Gasteiger partial charge < -0.3 is 16.0 Å². The van der Waals surface area contributed by atoms with Crippen LogP contribution in [-0.4, -0.2) is 41.9 Å². The van der Waals surface area contributed by atoms with E-state index in [2.05, 4.69) is 21.2 Å². The number of halogens is 5. The van der Waals surface area contributed by atoms with Gasteiger partial charge in [-0.25, -0.2) is 4.39 Å². The summed E-state index contributed by atoms with van der Waals surface area (Å²) in [7, 11) is 0. The predicted molar refractivity (Wildman–Crippen MR) is 126 cm³/mol. The number of carbonyl (C=O) groups is 2. The second-order valence-electron chi connectivity index (χ2n) is 9.29. The molecular weight excluding hydrogens is 530 g/mol. The second-order valence-corrected chi connectivity index (χ2v) is 10.2. The molecule has 1 heterocycles. The highest BCUT2D eigenvalue weighted by Gasteiger charge is 2.54. The van der Waals surface area contributed by atoms with E-state index < -0.39 is 34.9 Å². The Balaban J connectivity index is 1.56. The molecule has 3 N–H and O–H groups in total. The van der Waals surface area contributed by atoms with Gasteiger partial charge in [-0.15, -0.1) is 0 Å². The molecule has 2 aliphatic rings. The molecule has 1 aliphatic heterocycles. The van der Waals surface area contributed by atoms with Crippen LogP contribution in [0, 0.1) is 5.82 Å². The van der Waals surface area contributed by atoms with Crippen LogP contribution < -0.4 is 11.1 Å². The van der Waals surface area contributed by atoms with Gasteiger partial charge >= 0.3 is 6.18 Å². The summed E-state index contributed by atoms with van der Waals surface area (Å²) in [5.74, 6) is -1.88. The third-order valence-corrected chi connectivity index (χ3v) is 7.33. The number of hydrogen-bond donors (Lipinski definition) is 2. The van der Waals surface area contributed by atoms with E-state index in [1.165, 1.54) is 0 Å². The molecule has 0 bridgehead atoms. The van der Waals surface area contributed by atoms with Gasteiger partial charge in [0.1, 0.15) is 11.9 Å². The molecular formula is C25H26BrF4N3O2. The topological polar surface area (TPSA) is 75.4 Å². The number of amides is 2. The largest absolute Gasteiger partial charge is 0.416 e. The van der Waals surface area contributed by atoms with Gasteiger partial charge in [0.2, 0.25) is 11.8 Å². The van der Waals surface area contributed by atoms with Crippen LogP contribution in [0.5, 0.6) is 0 Å². The average Bonchev–Trinajstić information content (AvgIpc) is 3.61. The van der Waals surface area contributed by atoms with Gasteiger partial charge in [-0.05, 0) is 55.5 Å². The van der Waals surface area contributed by atoms with Gasteiger partial charge in [0.15, 0.2) is 0 Å². The zero-order chi connectivity index (χ0) is 25.4. The minimum Gasteiger partial charge on any atom is -0.343 e. The minimum absolute atomic E-state index is 0.0240. The number of likely N-dealkylation sites (tertiary alicyclic amines) is 1. The lowest BCUT2D eigenvalue weighted by molar-refractivity contribution is -0.138. The van der Waals surface area contributed by atoms with Crippen molar-refractivity contribution < 1.29 is 27.2 Å². The number of nitrogens with two attached hydrogens (primary N) is 1. The maximum absolute atomic E-state index is 14.7. The van der Waals surface area contributed by atoms with Crippen LogP contribution in [0.3, 0.4) is 0 Å². The number of hydrogen-bond acceptors (Lipinski definition) is 3. The zero-order valence-electron chi connectivity index (χ0n) is 18.9. The SMILES string of the molecule is NC1CCN(C(=O)[C@H](Cc2ccc(Br)cc2)NC(=O)C2(c3ccc(C(F)(F)F)cc3F)CC2)CC1. The van der Waals surface area contributed by atoms with E-state index in [4.69, 9.17) is 5.73 Å². The number of rotatable bonds is 6. The van der Waals surface area contributed by atoms with Crippen LogP contribution in [0.15, 0.2) is 46.9 Å². The number of benzene rings is 2. The Hall–Kier alpha value is -2.46. The normalized spacial score (nSPS) is 18.7. The Morgan fingerprint density at radius 2 is 1.74 bits per heavy atom. The summed E-state index contributed by atoms with van der Waals surface area (Å²) in [6, 6.07) is 8.70. The maximum atomic E-state index is 14.7. The van der Waals surface area contributed by atoms with E-state index in [1.54, 1.807) is 4.90 Å². The third kappa shape index (κ3) is 5.69. The molecule has 2 aromatic carbocycles. The van der Waals surface area contributed by atoms with Crippen molar-refractivity contribution in [3.05, 3.63) is 69.4 Å². The van der Waals surface area contributed by atoms with Gasteiger partial charge in [-0.2, -0.15) is 13.2 Å². The Bertz CT molecular complexity index is 1090. The van der Waals surface area contributed by atoms with Crippen LogP contribution in [0.2, 0.25) is 0 Å². The molecule has 2 fully saturated rings. The number of alkyl halides is 3. The standard InChI is InChI=1S/C25H26BrF4N3O2/c26-17-4-1-15(2-5-17)13-21(22(34)33-11-7-18(31)8-12-33)32-23(35)24(9-10-24)19-6-3-16(14-20(19)27)25(28,29)30/h1-6,14,18,21H,7-13,31H2,(H,32,35)/t21-/m0/s1. The fraction of sp³-hybridized carbons (Fsp3) is 0.440. The molecule has 1 atom stereocenters. The van der Waals surface area contributed by atoms with Gasteiger partial charge in [0, 0.05) is 35.6 Å². The maximum Gasteiger partial charge on any atom is 0.416 e. The molecule has 2 aromatic rings. The minimum atomic E-state index is -4.68. The first-order chi connectivity index (χ1) is 16.5. The van der Waals surface area contributed by atoms with Crippen molar-refractivity contribution in [2.24, 2.45) is 5.73 Å². The van der Waals surface area contributed by atoms with Crippen LogP contribution in [0.1, 0.15) is 42.4 Å². The van der Waals surface area contributed by atoms with Gasteiger partial charge in [-0.3, -0.25) is 9.59 Å². The first kappa shape index (κ1) is 25.6. The van der Waals surface area contributed by atoms with Crippen LogP contribution in [0.4, 0.5) is 17.6 Å². The predicted octanol–water partition coefficient (Wildman–Crippen LogP) is 4.32. The zero-order valence-corrected chi connectivity index (χ0v) is 20.5. The molecule has 2 amide bonds. The summed E-state index contributed by atoms with van der Waals surface area (Å²) in [6.07, 6.45) is -2.56. The van der Waals surface area contributed by atoms with E-state index in [0.29, 0.717) is 44.8 Å². The van der Waals surface area contributed by atoms with Crippen molar-refractivity contribution in [2.45, 2.75) is 55.8 Å². The number of carbonyl (C=O) groups excluding carboxylic acids is 2. The summed E-state index contributed by atoms with van der Waals surface area (Å²) in [5, 5.41) is 2.80. The lowest BCUT2D eigenvalue weighted by Gasteiger charge is -2.33. The molecule has 1 saturated carbocycles. The van der Waals surface area contributed by atoms with Crippen molar-refractivity contribution in [3.8, 4) is 0 Å². The molecule has 35 heavy (non-hydrogen) atoms. The van der Waals surface area contributed by atoms with Gasteiger partial charge in [0.05, 0.1) is 11.0 Å². The fourth-order valence-electron chi connectivity index (χ4n) is 4.52. The van der Waals surface area contributed by atoms with Gasteiger partial charge in [-0.1, -0.05) is 34.1 Å². The van der Waals surface area contributed by atoms with Crippen molar-refractivity contribution in [3.63, 3.8) is 0 Å². The lowest BCUT2D eigenvalue weighted by atomic mass is 9.92. The molecule has 0 unspecified atom stereocenters. The average molecular weight is 556 g/mol. The van der Waals surface area contributed by atoms with Crippen molar-refractivity contribution >= 4 is 27.7 Å². The highest BCUT2D eigenvalue weighted by molar-refractivity contribution is 9.10.